The van der Waals surface area contributed by atoms with E-state index in [9.17, 15) is 10.0 Å². The number of carbonyl (C=O) groups is 1. The topological polar surface area (TPSA) is 65.5 Å². The van der Waals surface area contributed by atoms with Crippen LogP contribution in [-0.4, -0.2) is 29.6 Å². The second kappa shape index (κ2) is 5.19. The minimum absolute atomic E-state index is 0.262. The first-order valence-corrected chi connectivity index (χ1v) is 4.65. The first kappa shape index (κ1) is 11.3. The second-order valence-corrected chi connectivity index (χ2v) is 2.93. The maximum absolute atomic E-state index is 11.4. The molecule has 0 spiro atoms. The molecule has 15 heavy (non-hydrogen) atoms. The summed E-state index contributed by atoms with van der Waals surface area (Å²) in [5.74, 6) is -0.142. The maximum atomic E-state index is 11.4. The summed E-state index contributed by atoms with van der Waals surface area (Å²) in [4.78, 5) is 11.2. The van der Waals surface area contributed by atoms with Crippen molar-refractivity contribution in [1.82, 2.24) is 0 Å². The first-order valence-electron chi connectivity index (χ1n) is 4.65. The molecule has 0 aliphatic rings. The van der Waals surface area contributed by atoms with Crippen LogP contribution in [0.5, 0.6) is 0 Å². The number of hydroxylamine groups is 1. The lowest BCUT2D eigenvalue weighted by Gasteiger charge is -2.10. The normalized spacial score (nSPS) is 13.6. The number of hydrogen-bond donors (Lipinski definition) is 0. The number of nitrogens with zero attached hydrogens (tertiary/aromatic N) is 1. The van der Waals surface area contributed by atoms with Crippen molar-refractivity contribution in [2.75, 3.05) is 6.61 Å². The highest BCUT2D eigenvalue weighted by Gasteiger charge is 2.21. The smallest absolute Gasteiger partial charge is 0.376 e. The molecular formula is C10H13NO4. The highest BCUT2D eigenvalue weighted by molar-refractivity contribution is 5.76. The molecule has 5 nitrogen and oxygen atoms in total. The summed E-state index contributed by atoms with van der Waals surface area (Å²) < 4.78 is 10.2. The highest BCUT2D eigenvalue weighted by atomic mass is 16.5. The van der Waals surface area contributed by atoms with Crippen LogP contribution >= 0.6 is 0 Å². The SMILES string of the molecule is CCOC(=O)[C@H](C)/[N+]([O-])=C/c1ccco1. The van der Waals surface area contributed by atoms with Gasteiger partial charge in [0.05, 0.1) is 12.9 Å². The van der Waals surface area contributed by atoms with E-state index in [0.29, 0.717) is 10.5 Å². The minimum atomic E-state index is -0.866. The lowest BCUT2D eigenvalue weighted by atomic mass is 10.3. The molecule has 0 unspecified atom stereocenters. The Kier molecular flexibility index (Phi) is 3.91. The van der Waals surface area contributed by atoms with Crippen LogP contribution in [0.2, 0.25) is 0 Å². The summed E-state index contributed by atoms with van der Waals surface area (Å²) in [6, 6.07) is 2.42. The fraction of sp³-hybridized carbons (Fsp3) is 0.400. The lowest BCUT2D eigenvalue weighted by Crippen LogP contribution is -2.30. The van der Waals surface area contributed by atoms with E-state index in [1.54, 1.807) is 19.1 Å². The van der Waals surface area contributed by atoms with E-state index < -0.39 is 12.0 Å². The molecule has 0 N–H and O–H groups in total. The van der Waals surface area contributed by atoms with Gasteiger partial charge in [-0.1, -0.05) is 0 Å². The van der Waals surface area contributed by atoms with Crippen molar-refractivity contribution in [2.24, 2.45) is 0 Å². The van der Waals surface area contributed by atoms with Crippen LogP contribution in [-0.2, 0) is 9.53 Å². The predicted octanol–water partition coefficient (Wildman–Crippen LogP) is 1.16. The van der Waals surface area contributed by atoms with Gasteiger partial charge in [-0.05, 0) is 19.1 Å². The average Bonchev–Trinajstić information content (AvgIpc) is 2.69. The Bertz CT molecular complexity index is 342. The van der Waals surface area contributed by atoms with E-state index in [0.717, 1.165) is 0 Å². The van der Waals surface area contributed by atoms with Crippen molar-refractivity contribution in [3.63, 3.8) is 0 Å². The third-order valence-electron chi connectivity index (χ3n) is 1.81. The number of rotatable bonds is 4. The summed E-state index contributed by atoms with van der Waals surface area (Å²) in [7, 11) is 0. The number of ether oxygens (including phenoxy) is 1. The van der Waals surface area contributed by atoms with Crippen molar-refractivity contribution in [1.29, 1.82) is 0 Å². The van der Waals surface area contributed by atoms with E-state index in [1.807, 2.05) is 0 Å². The zero-order chi connectivity index (χ0) is 11.3. The van der Waals surface area contributed by atoms with Gasteiger partial charge < -0.3 is 14.4 Å². The summed E-state index contributed by atoms with van der Waals surface area (Å²) >= 11 is 0. The molecular weight excluding hydrogens is 198 g/mol. The van der Waals surface area contributed by atoms with Gasteiger partial charge in [-0.3, -0.25) is 0 Å². The molecule has 1 rings (SSSR count). The number of furan rings is 1. The summed E-state index contributed by atoms with van der Waals surface area (Å²) in [5.41, 5.74) is 0. The lowest BCUT2D eigenvalue weighted by molar-refractivity contribution is -0.480. The van der Waals surface area contributed by atoms with E-state index in [1.165, 1.54) is 19.4 Å². The molecule has 82 valence electrons. The molecule has 0 aliphatic carbocycles. The molecule has 0 bridgehead atoms. The van der Waals surface area contributed by atoms with Crippen LogP contribution in [0.15, 0.2) is 22.8 Å². The van der Waals surface area contributed by atoms with Crippen molar-refractivity contribution in [3.05, 3.63) is 29.4 Å². The van der Waals surface area contributed by atoms with E-state index in [4.69, 9.17) is 9.15 Å². The Hall–Kier alpha value is -1.78. The summed E-state index contributed by atoms with van der Waals surface area (Å²) in [5, 5.41) is 11.4. The standard InChI is InChI=1S/C10H13NO4/c1-3-14-10(12)8(2)11(13)7-9-5-4-6-15-9/h4-8H,3H2,1-2H3/b11-7-/t8-/m0/s1. The van der Waals surface area contributed by atoms with Gasteiger partial charge in [0.15, 0.2) is 5.76 Å². The van der Waals surface area contributed by atoms with Crippen LogP contribution in [0.3, 0.4) is 0 Å². The average molecular weight is 211 g/mol. The van der Waals surface area contributed by atoms with Gasteiger partial charge in [-0.15, -0.1) is 0 Å². The van der Waals surface area contributed by atoms with Gasteiger partial charge in [0.25, 0.3) is 6.04 Å². The Balaban J connectivity index is 2.67. The number of carbonyl (C=O) groups excluding carboxylic acids is 1. The molecule has 1 aromatic rings. The largest absolute Gasteiger partial charge is 0.623 e. The monoisotopic (exact) mass is 211 g/mol. The van der Waals surface area contributed by atoms with E-state index >= 15 is 0 Å². The first-order chi connectivity index (χ1) is 7.15. The van der Waals surface area contributed by atoms with Gasteiger partial charge in [0, 0.05) is 6.92 Å². The Morgan fingerprint density at radius 2 is 2.53 bits per heavy atom. The van der Waals surface area contributed by atoms with Gasteiger partial charge in [-0.25, -0.2) is 4.79 Å². The molecule has 1 heterocycles. The fourth-order valence-electron chi connectivity index (χ4n) is 0.969. The van der Waals surface area contributed by atoms with Crippen molar-refractivity contribution in [2.45, 2.75) is 19.9 Å². The molecule has 1 atom stereocenters. The third-order valence-corrected chi connectivity index (χ3v) is 1.81. The van der Waals surface area contributed by atoms with Crippen LogP contribution in [0, 0.1) is 5.21 Å². The molecule has 0 radical (unpaired) electrons. The van der Waals surface area contributed by atoms with Crippen LogP contribution in [0.25, 0.3) is 0 Å². The molecule has 0 aromatic carbocycles. The van der Waals surface area contributed by atoms with Gasteiger partial charge in [0.2, 0.25) is 6.21 Å². The number of esters is 1. The number of hydrogen-bond acceptors (Lipinski definition) is 4. The minimum Gasteiger partial charge on any atom is -0.623 e. The van der Waals surface area contributed by atoms with Crippen LogP contribution < -0.4 is 0 Å². The van der Waals surface area contributed by atoms with Gasteiger partial charge >= 0.3 is 5.97 Å². The van der Waals surface area contributed by atoms with E-state index in [2.05, 4.69) is 0 Å². The van der Waals surface area contributed by atoms with Crippen molar-refractivity contribution >= 4 is 12.2 Å². The fourth-order valence-corrected chi connectivity index (χ4v) is 0.969. The Morgan fingerprint density at radius 3 is 3.07 bits per heavy atom. The third kappa shape index (κ3) is 3.12. The zero-order valence-electron chi connectivity index (χ0n) is 8.67. The second-order valence-electron chi connectivity index (χ2n) is 2.93. The van der Waals surface area contributed by atoms with E-state index in [-0.39, 0.29) is 6.61 Å². The summed E-state index contributed by atoms with van der Waals surface area (Å²) in [6.07, 6.45) is 2.66. The molecule has 0 aliphatic heterocycles. The highest BCUT2D eigenvalue weighted by Crippen LogP contribution is 1.98. The summed E-state index contributed by atoms with van der Waals surface area (Å²) in [6.45, 7) is 3.43. The molecule has 5 heteroatoms. The van der Waals surface area contributed by atoms with Crippen LogP contribution in [0.4, 0.5) is 0 Å². The zero-order valence-corrected chi connectivity index (χ0v) is 8.67. The molecule has 1 aromatic heterocycles. The molecule has 0 saturated heterocycles. The van der Waals surface area contributed by atoms with Crippen molar-refractivity contribution in [3.8, 4) is 0 Å². The molecule has 0 amide bonds. The quantitative estimate of drug-likeness (QED) is 0.246. The molecule has 0 saturated carbocycles. The Labute approximate surface area is 87.5 Å². The van der Waals surface area contributed by atoms with Crippen molar-refractivity contribution < 1.29 is 18.7 Å². The van der Waals surface area contributed by atoms with Gasteiger partial charge in [0.1, 0.15) is 0 Å². The molecule has 0 fully saturated rings. The predicted molar refractivity (Wildman–Crippen MR) is 53.6 cm³/mol. The van der Waals surface area contributed by atoms with Crippen LogP contribution in [0.1, 0.15) is 19.6 Å². The Morgan fingerprint density at radius 1 is 1.80 bits per heavy atom. The van der Waals surface area contributed by atoms with Gasteiger partial charge in [-0.2, -0.15) is 4.74 Å². The maximum Gasteiger partial charge on any atom is 0.376 e.